The van der Waals surface area contributed by atoms with Gasteiger partial charge in [-0.1, -0.05) is 0 Å². The van der Waals surface area contributed by atoms with Crippen molar-refractivity contribution >= 4 is 15.8 Å². The van der Waals surface area contributed by atoms with Crippen LogP contribution in [0.4, 0.5) is 0 Å². The van der Waals surface area contributed by atoms with Crippen LogP contribution in [0.15, 0.2) is 0 Å². The smallest absolute Gasteiger partial charge is 0.327 e. The predicted octanol–water partition coefficient (Wildman–Crippen LogP) is -0.614. The quantitative estimate of drug-likeness (QED) is 0.695. The van der Waals surface area contributed by atoms with Gasteiger partial charge in [0.05, 0.1) is 18.6 Å². The topological polar surface area (TPSA) is 89.7 Å². The van der Waals surface area contributed by atoms with E-state index in [0.717, 1.165) is 12.8 Å². The zero-order valence-electron chi connectivity index (χ0n) is 11.5. The molecular weight excluding hydrogens is 268 g/mol. The van der Waals surface area contributed by atoms with E-state index in [-0.39, 0.29) is 23.5 Å². The molecule has 2 aliphatic rings. The van der Waals surface area contributed by atoms with Crippen LogP contribution in [0.25, 0.3) is 0 Å². The summed E-state index contributed by atoms with van der Waals surface area (Å²) in [6, 6.07) is -0.106. The maximum absolute atomic E-state index is 11.9. The van der Waals surface area contributed by atoms with Crippen molar-refractivity contribution in [2.24, 2.45) is 11.7 Å². The highest BCUT2D eigenvalue weighted by Crippen LogP contribution is 2.39. The van der Waals surface area contributed by atoms with Crippen molar-refractivity contribution in [2.75, 3.05) is 31.7 Å². The third kappa shape index (κ3) is 3.09. The molecule has 1 aliphatic carbocycles. The summed E-state index contributed by atoms with van der Waals surface area (Å²) < 4.78 is 27.9. The Labute approximate surface area is 114 Å². The third-order valence-electron chi connectivity index (χ3n) is 4.14. The fourth-order valence-electron chi connectivity index (χ4n) is 2.75. The molecule has 110 valence electrons. The van der Waals surface area contributed by atoms with Crippen molar-refractivity contribution in [1.29, 1.82) is 0 Å². The van der Waals surface area contributed by atoms with Crippen molar-refractivity contribution in [3.63, 3.8) is 0 Å². The molecule has 2 fully saturated rings. The molecular formula is C12H22N2O4S. The van der Waals surface area contributed by atoms with Crippen molar-refractivity contribution in [1.82, 2.24) is 4.90 Å². The van der Waals surface area contributed by atoms with Gasteiger partial charge in [0.2, 0.25) is 0 Å². The van der Waals surface area contributed by atoms with Gasteiger partial charge in [0, 0.05) is 19.1 Å². The van der Waals surface area contributed by atoms with Crippen molar-refractivity contribution in [2.45, 2.75) is 31.3 Å². The lowest BCUT2D eigenvalue weighted by Crippen LogP contribution is -2.62. The number of ether oxygens (including phenoxy) is 1. The van der Waals surface area contributed by atoms with Crippen molar-refractivity contribution in [3.8, 4) is 0 Å². The van der Waals surface area contributed by atoms with Gasteiger partial charge in [-0.05, 0) is 25.7 Å². The Hall–Kier alpha value is -0.660. The molecule has 6 nitrogen and oxygen atoms in total. The lowest BCUT2D eigenvalue weighted by molar-refractivity contribution is -0.149. The van der Waals surface area contributed by atoms with Crippen molar-refractivity contribution in [3.05, 3.63) is 0 Å². The summed E-state index contributed by atoms with van der Waals surface area (Å²) >= 11 is 0. The Balaban J connectivity index is 2.08. The lowest BCUT2D eigenvalue weighted by Gasteiger charge is -2.39. The van der Waals surface area contributed by atoms with Crippen molar-refractivity contribution < 1.29 is 17.9 Å². The van der Waals surface area contributed by atoms with Crippen LogP contribution in [0.1, 0.15) is 19.8 Å². The molecule has 1 saturated carbocycles. The summed E-state index contributed by atoms with van der Waals surface area (Å²) in [7, 11) is -1.61. The summed E-state index contributed by atoms with van der Waals surface area (Å²) in [5, 5.41) is 0. The number of carbonyl (C=O) groups excluding carboxylic acids is 1. The first kappa shape index (κ1) is 14.7. The standard InChI is InChI=1S/C12H22N2O4S/c1-9-7-19(16,17)6-5-14(9)8-12(13,10-3-4-10)11(15)18-2/h9-10H,3-8,13H2,1-2H3. The van der Waals surface area contributed by atoms with E-state index in [0.29, 0.717) is 13.1 Å². The zero-order valence-corrected chi connectivity index (χ0v) is 12.3. The van der Waals surface area contributed by atoms with Crippen LogP contribution in [0, 0.1) is 5.92 Å². The van der Waals surface area contributed by atoms with E-state index in [9.17, 15) is 13.2 Å². The highest BCUT2D eigenvalue weighted by Gasteiger charge is 2.50. The van der Waals surface area contributed by atoms with Gasteiger partial charge in [-0.25, -0.2) is 8.42 Å². The maximum Gasteiger partial charge on any atom is 0.327 e. The van der Waals surface area contributed by atoms with Gasteiger partial charge >= 0.3 is 5.97 Å². The molecule has 0 aromatic heterocycles. The molecule has 0 bridgehead atoms. The van der Waals surface area contributed by atoms with Gasteiger partial charge in [0.1, 0.15) is 5.54 Å². The largest absolute Gasteiger partial charge is 0.468 e. The van der Waals surface area contributed by atoms with Crippen LogP contribution in [0.5, 0.6) is 0 Å². The van der Waals surface area contributed by atoms with Gasteiger partial charge in [0.25, 0.3) is 0 Å². The fourth-order valence-corrected chi connectivity index (χ4v) is 4.38. The monoisotopic (exact) mass is 290 g/mol. The van der Waals surface area contributed by atoms with Crippen LogP contribution in [-0.2, 0) is 19.4 Å². The minimum absolute atomic E-state index is 0.106. The van der Waals surface area contributed by atoms with E-state index < -0.39 is 21.3 Å². The molecule has 1 heterocycles. The summed E-state index contributed by atoms with van der Waals surface area (Å²) in [5.74, 6) is 0.0371. The zero-order chi connectivity index (χ0) is 14.3. The molecule has 2 unspecified atom stereocenters. The van der Waals surface area contributed by atoms with E-state index in [4.69, 9.17) is 10.5 Å². The van der Waals surface area contributed by atoms with E-state index >= 15 is 0 Å². The Morgan fingerprint density at radius 2 is 2.11 bits per heavy atom. The molecule has 19 heavy (non-hydrogen) atoms. The van der Waals surface area contributed by atoms with Gasteiger partial charge in [-0.2, -0.15) is 0 Å². The normalized spacial score (nSPS) is 30.6. The molecule has 1 aliphatic heterocycles. The molecule has 1 saturated heterocycles. The molecule has 2 N–H and O–H groups in total. The van der Waals surface area contributed by atoms with Crippen LogP contribution in [-0.4, -0.2) is 62.6 Å². The minimum atomic E-state index is -2.95. The number of nitrogens with zero attached hydrogens (tertiary/aromatic N) is 1. The van der Waals surface area contributed by atoms with Crippen LogP contribution in [0.3, 0.4) is 0 Å². The summed E-state index contributed by atoms with van der Waals surface area (Å²) in [5.41, 5.74) is 5.26. The number of carbonyl (C=O) groups is 1. The average molecular weight is 290 g/mol. The van der Waals surface area contributed by atoms with E-state index in [2.05, 4.69) is 0 Å². The number of hydrogen-bond donors (Lipinski definition) is 1. The number of sulfone groups is 1. The minimum Gasteiger partial charge on any atom is -0.468 e. The van der Waals surface area contributed by atoms with E-state index in [1.165, 1.54) is 7.11 Å². The Bertz CT molecular complexity index is 460. The van der Waals surface area contributed by atoms with Gasteiger partial charge in [-0.3, -0.25) is 9.69 Å². The molecule has 0 amide bonds. The molecule has 7 heteroatoms. The summed E-state index contributed by atoms with van der Waals surface area (Å²) in [6.07, 6.45) is 1.87. The highest BCUT2D eigenvalue weighted by molar-refractivity contribution is 7.91. The molecule has 0 aromatic rings. The second kappa shape index (κ2) is 5.03. The SMILES string of the molecule is COC(=O)C(N)(CN1CCS(=O)(=O)CC1C)C1CC1. The third-order valence-corrected chi connectivity index (χ3v) is 5.94. The van der Waals surface area contributed by atoms with Crippen LogP contribution < -0.4 is 5.73 Å². The summed E-state index contributed by atoms with van der Waals surface area (Å²) in [6.45, 7) is 2.68. The fraction of sp³-hybridized carbons (Fsp3) is 0.917. The second-order valence-electron chi connectivity index (χ2n) is 5.74. The first-order valence-electron chi connectivity index (χ1n) is 6.60. The number of esters is 1. The number of rotatable bonds is 4. The molecule has 0 spiro atoms. The summed E-state index contributed by atoms with van der Waals surface area (Å²) in [4.78, 5) is 13.9. The Kier molecular flexibility index (Phi) is 3.90. The van der Waals surface area contributed by atoms with Crippen LogP contribution >= 0.6 is 0 Å². The van der Waals surface area contributed by atoms with Gasteiger partial charge < -0.3 is 10.5 Å². The first-order valence-corrected chi connectivity index (χ1v) is 8.42. The molecule has 2 rings (SSSR count). The van der Waals surface area contributed by atoms with E-state index in [1.54, 1.807) is 0 Å². The Morgan fingerprint density at radius 3 is 2.58 bits per heavy atom. The highest BCUT2D eigenvalue weighted by atomic mass is 32.2. The molecule has 2 atom stereocenters. The molecule has 0 aromatic carbocycles. The Morgan fingerprint density at radius 1 is 1.47 bits per heavy atom. The average Bonchev–Trinajstić information content (AvgIpc) is 3.15. The molecule has 0 radical (unpaired) electrons. The first-order chi connectivity index (χ1) is 8.78. The van der Waals surface area contributed by atoms with E-state index in [1.807, 2.05) is 11.8 Å². The van der Waals surface area contributed by atoms with Crippen LogP contribution in [0.2, 0.25) is 0 Å². The second-order valence-corrected chi connectivity index (χ2v) is 7.97. The predicted molar refractivity (Wildman–Crippen MR) is 71.3 cm³/mol. The van der Waals surface area contributed by atoms with Gasteiger partial charge in [-0.15, -0.1) is 0 Å². The number of hydrogen-bond acceptors (Lipinski definition) is 6. The lowest BCUT2D eigenvalue weighted by atomic mass is 9.93. The van der Waals surface area contributed by atoms with Gasteiger partial charge in [0.15, 0.2) is 9.84 Å². The number of methoxy groups -OCH3 is 1. The number of nitrogens with two attached hydrogens (primary N) is 1. The maximum atomic E-state index is 11.9.